The molecule has 0 unspecified atom stereocenters. The Labute approximate surface area is 162 Å². The number of hydrogen-bond acceptors (Lipinski definition) is 6. The summed E-state index contributed by atoms with van der Waals surface area (Å²) in [5.74, 6) is 2.20. The average Bonchev–Trinajstić information content (AvgIpc) is 3.51. The van der Waals surface area contributed by atoms with E-state index in [1.165, 1.54) is 5.56 Å². The van der Waals surface area contributed by atoms with Crippen molar-refractivity contribution in [1.82, 2.24) is 24.8 Å². The van der Waals surface area contributed by atoms with Gasteiger partial charge in [-0.05, 0) is 30.5 Å². The number of benzene rings is 1. The molecule has 28 heavy (non-hydrogen) atoms. The molecule has 0 saturated heterocycles. The molecule has 1 aliphatic carbocycles. The number of nitrogens with zero attached hydrogens (tertiary/aromatic N) is 5. The smallest absolute Gasteiger partial charge is 0.201 e. The lowest BCUT2D eigenvalue weighted by atomic mass is 10.2. The molecule has 2 N–H and O–H groups in total. The molecule has 3 aromatic heterocycles. The summed E-state index contributed by atoms with van der Waals surface area (Å²) >= 11 is 0. The number of fused-ring (bicyclic) bond motifs is 1. The van der Waals surface area contributed by atoms with Gasteiger partial charge >= 0.3 is 0 Å². The molecule has 5 rings (SSSR count). The first-order valence-corrected chi connectivity index (χ1v) is 9.55. The Bertz CT molecular complexity index is 1070. The summed E-state index contributed by atoms with van der Waals surface area (Å²) in [6.45, 7) is 1.32. The predicted molar refractivity (Wildman–Crippen MR) is 108 cm³/mol. The Morgan fingerprint density at radius 1 is 0.929 bits per heavy atom. The molecule has 0 bridgehead atoms. The SMILES string of the molecule is c1ccc(CNc2cc(NCc3ccccn3)c3nnc(C4CC4)n3n2)cc1. The highest BCUT2D eigenvalue weighted by Gasteiger charge is 2.30. The van der Waals surface area contributed by atoms with Crippen LogP contribution in [0.3, 0.4) is 0 Å². The van der Waals surface area contributed by atoms with E-state index >= 15 is 0 Å². The molecule has 1 aliphatic rings. The first-order valence-electron chi connectivity index (χ1n) is 9.55. The van der Waals surface area contributed by atoms with Gasteiger partial charge in [0.1, 0.15) is 5.82 Å². The van der Waals surface area contributed by atoms with E-state index in [-0.39, 0.29) is 0 Å². The Balaban J connectivity index is 1.44. The third kappa shape index (κ3) is 3.51. The molecule has 7 nitrogen and oxygen atoms in total. The van der Waals surface area contributed by atoms with E-state index in [0.29, 0.717) is 19.0 Å². The number of nitrogens with one attached hydrogen (secondary N) is 2. The van der Waals surface area contributed by atoms with Crippen molar-refractivity contribution in [2.75, 3.05) is 10.6 Å². The molecule has 1 saturated carbocycles. The van der Waals surface area contributed by atoms with Crippen LogP contribution in [-0.4, -0.2) is 24.8 Å². The van der Waals surface area contributed by atoms with Crippen molar-refractivity contribution in [2.24, 2.45) is 0 Å². The van der Waals surface area contributed by atoms with Gasteiger partial charge in [-0.25, -0.2) is 0 Å². The zero-order valence-electron chi connectivity index (χ0n) is 15.4. The predicted octanol–water partition coefficient (Wildman–Crippen LogP) is 3.62. The zero-order valence-corrected chi connectivity index (χ0v) is 15.4. The second kappa shape index (κ2) is 7.26. The van der Waals surface area contributed by atoms with Gasteiger partial charge in [-0.3, -0.25) is 4.98 Å². The van der Waals surface area contributed by atoms with Crippen LogP contribution in [-0.2, 0) is 13.1 Å². The van der Waals surface area contributed by atoms with Crippen molar-refractivity contribution in [3.63, 3.8) is 0 Å². The Morgan fingerprint density at radius 2 is 1.79 bits per heavy atom. The first kappa shape index (κ1) is 16.7. The molecule has 0 radical (unpaired) electrons. The van der Waals surface area contributed by atoms with Crippen molar-refractivity contribution in [2.45, 2.75) is 31.8 Å². The third-order valence-corrected chi connectivity index (χ3v) is 4.84. The number of rotatable bonds is 7. The molecule has 0 atom stereocenters. The summed E-state index contributed by atoms with van der Waals surface area (Å²) in [7, 11) is 0. The van der Waals surface area contributed by atoms with Crippen LogP contribution in [0, 0.1) is 0 Å². The van der Waals surface area contributed by atoms with Crippen LogP contribution in [0.1, 0.15) is 35.8 Å². The zero-order chi connectivity index (χ0) is 18.8. The summed E-state index contributed by atoms with van der Waals surface area (Å²) < 4.78 is 1.88. The van der Waals surface area contributed by atoms with Gasteiger partial charge in [0.25, 0.3) is 0 Å². The minimum absolute atomic E-state index is 0.468. The molecular weight excluding hydrogens is 350 g/mol. The van der Waals surface area contributed by atoms with Crippen LogP contribution in [0.2, 0.25) is 0 Å². The van der Waals surface area contributed by atoms with Crippen LogP contribution in [0.5, 0.6) is 0 Å². The van der Waals surface area contributed by atoms with Gasteiger partial charge in [0.15, 0.2) is 5.82 Å². The van der Waals surface area contributed by atoms with Gasteiger partial charge < -0.3 is 10.6 Å². The van der Waals surface area contributed by atoms with Crippen LogP contribution in [0.15, 0.2) is 60.8 Å². The Hall–Kier alpha value is -3.48. The number of aromatic nitrogens is 5. The van der Waals surface area contributed by atoms with Gasteiger partial charge in [0.05, 0.1) is 17.9 Å². The first-order chi connectivity index (χ1) is 13.9. The van der Waals surface area contributed by atoms with Crippen LogP contribution in [0.4, 0.5) is 11.5 Å². The van der Waals surface area contributed by atoms with E-state index in [0.717, 1.165) is 41.5 Å². The minimum Gasteiger partial charge on any atom is -0.376 e. The van der Waals surface area contributed by atoms with Crippen LogP contribution < -0.4 is 10.6 Å². The van der Waals surface area contributed by atoms with E-state index in [1.54, 1.807) is 6.20 Å². The van der Waals surface area contributed by atoms with Crippen molar-refractivity contribution in [3.8, 4) is 0 Å². The number of pyridine rings is 1. The molecule has 0 aliphatic heterocycles. The summed E-state index contributed by atoms with van der Waals surface area (Å²) in [4.78, 5) is 4.38. The maximum absolute atomic E-state index is 4.75. The second-order valence-electron chi connectivity index (χ2n) is 7.02. The summed E-state index contributed by atoms with van der Waals surface area (Å²) in [6.07, 6.45) is 4.11. The second-order valence-corrected chi connectivity index (χ2v) is 7.02. The lowest BCUT2D eigenvalue weighted by molar-refractivity contribution is 0.814. The van der Waals surface area contributed by atoms with Gasteiger partial charge in [-0.2, -0.15) is 4.52 Å². The standard InChI is InChI=1S/C21H21N7/c1-2-6-15(7-3-1)13-24-19-12-18(23-14-17-8-4-5-11-22-17)21-26-25-20(16-9-10-16)28(21)27-19/h1-8,11-12,16,23H,9-10,13-14H2,(H,24,27). The van der Waals surface area contributed by atoms with Crippen molar-refractivity contribution in [3.05, 3.63) is 77.9 Å². The van der Waals surface area contributed by atoms with Crippen molar-refractivity contribution >= 4 is 17.2 Å². The van der Waals surface area contributed by atoms with Gasteiger partial charge in [0.2, 0.25) is 5.65 Å². The van der Waals surface area contributed by atoms with E-state index in [1.807, 2.05) is 47.0 Å². The normalized spacial score (nSPS) is 13.6. The van der Waals surface area contributed by atoms with Gasteiger partial charge in [0, 0.05) is 24.7 Å². The Kier molecular flexibility index (Phi) is 4.33. The topological polar surface area (TPSA) is 80.0 Å². The highest BCUT2D eigenvalue weighted by Crippen LogP contribution is 2.39. The minimum atomic E-state index is 0.468. The fourth-order valence-corrected chi connectivity index (χ4v) is 3.19. The molecule has 140 valence electrons. The summed E-state index contributed by atoms with van der Waals surface area (Å²) in [5.41, 5.74) is 3.83. The summed E-state index contributed by atoms with van der Waals surface area (Å²) in [6, 6.07) is 18.2. The maximum Gasteiger partial charge on any atom is 0.201 e. The fourth-order valence-electron chi connectivity index (χ4n) is 3.19. The van der Waals surface area contributed by atoms with E-state index < -0.39 is 0 Å². The van der Waals surface area contributed by atoms with Crippen molar-refractivity contribution < 1.29 is 0 Å². The molecule has 4 aromatic rings. The van der Waals surface area contributed by atoms with Crippen molar-refractivity contribution in [1.29, 1.82) is 0 Å². The lowest BCUT2D eigenvalue weighted by Crippen LogP contribution is -2.09. The molecule has 1 fully saturated rings. The van der Waals surface area contributed by atoms with Gasteiger partial charge in [-0.15, -0.1) is 15.3 Å². The van der Waals surface area contributed by atoms with E-state index in [9.17, 15) is 0 Å². The third-order valence-electron chi connectivity index (χ3n) is 4.84. The van der Waals surface area contributed by atoms with E-state index in [2.05, 4.69) is 37.9 Å². The molecule has 0 spiro atoms. The number of hydrogen-bond donors (Lipinski definition) is 2. The molecule has 1 aromatic carbocycles. The largest absolute Gasteiger partial charge is 0.376 e. The molecule has 0 amide bonds. The van der Waals surface area contributed by atoms with Crippen LogP contribution >= 0.6 is 0 Å². The highest BCUT2D eigenvalue weighted by atomic mass is 15.4. The number of anilines is 2. The Morgan fingerprint density at radius 3 is 2.57 bits per heavy atom. The molecular formula is C21H21N7. The molecule has 3 heterocycles. The average molecular weight is 371 g/mol. The quantitative estimate of drug-likeness (QED) is 0.516. The summed E-state index contributed by atoms with van der Waals surface area (Å²) in [5, 5.41) is 20.4. The molecule has 7 heteroatoms. The highest BCUT2D eigenvalue weighted by molar-refractivity contribution is 5.70. The fraction of sp³-hybridized carbons (Fsp3) is 0.238. The van der Waals surface area contributed by atoms with Crippen LogP contribution in [0.25, 0.3) is 5.65 Å². The van der Waals surface area contributed by atoms with Gasteiger partial charge in [-0.1, -0.05) is 36.4 Å². The monoisotopic (exact) mass is 371 g/mol. The maximum atomic E-state index is 4.75. The van der Waals surface area contributed by atoms with E-state index in [4.69, 9.17) is 5.10 Å². The lowest BCUT2D eigenvalue weighted by Gasteiger charge is -2.11.